The lowest BCUT2D eigenvalue weighted by Gasteiger charge is -2.37. The Morgan fingerprint density at radius 3 is 2.43 bits per heavy atom. The van der Waals surface area contributed by atoms with Gasteiger partial charge < -0.3 is 29.7 Å². The number of imidazole rings is 1. The van der Waals surface area contributed by atoms with Crippen molar-refractivity contribution in [3.8, 4) is 22.4 Å². The van der Waals surface area contributed by atoms with E-state index in [-0.39, 0.29) is 63.3 Å². The molecule has 2 aromatic carbocycles. The van der Waals surface area contributed by atoms with Gasteiger partial charge in [-0.15, -0.1) is 0 Å². The van der Waals surface area contributed by atoms with Crippen LogP contribution in [0.2, 0.25) is 5.02 Å². The highest BCUT2D eigenvalue weighted by atomic mass is 35.5. The fraction of sp³-hybridized carbons (Fsp3) is 0.371. The fourth-order valence-electron chi connectivity index (χ4n) is 6.45. The monoisotopic (exact) mass is 722 g/mol. The highest BCUT2D eigenvalue weighted by molar-refractivity contribution is 6.34. The molecule has 2 aliphatic rings. The van der Waals surface area contributed by atoms with E-state index in [4.69, 9.17) is 16.3 Å². The number of amides is 4. The van der Waals surface area contributed by atoms with Crippen molar-refractivity contribution in [2.45, 2.75) is 26.3 Å². The Labute approximate surface area is 297 Å². The third-order valence-electron chi connectivity index (χ3n) is 9.38. The van der Waals surface area contributed by atoms with Crippen molar-refractivity contribution in [2.24, 2.45) is 13.0 Å². The molecule has 0 spiro atoms. The maximum atomic E-state index is 15.5. The SMILES string of the molecule is COCCn1ncc(-c2ccc(-c3cnc(C(=O)Nc4ccc(C(=O)N5CCN(C(=O)C6CCNC(=O)C6)CC5)c(Cl)c4)n3C)c(F)c2F)c1C. The number of nitrogens with zero attached hydrogens (tertiary/aromatic N) is 6. The van der Waals surface area contributed by atoms with Crippen LogP contribution < -0.4 is 10.6 Å². The number of piperazine rings is 1. The molecular formula is C35H37ClF2N8O5. The Hall–Kier alpha value is -5.15. The smallest absolute Gasteiger partial charge is 0.291 e. The Bertz CT molecular complexity index is 2010. The molecule has 16 heteroatoms. The minimum atomic E-state index is -1.09. The molecule has 1 unspecified atom stereocenters. The van der Waals surface area contributed by atoms with Crippen molar-refractivity contribution in [1.82, 2.24) is 34.4 Å². The van der Waals surface area contributed by atoms with Crippen molar-refractivity contribution in [1.29, 1.82) is 0 Å². The Balaban J connectivity index is 1.10. The molecule has 6 rings (SSSR count). The summed E-state index contributed by atoms with van der Waals surface area (Å²) in [5, 5.41) is 9.79. The lowest BCUT2D eigenvalue weighted by atomic mass is 9.95. The van der Waals surface area contributed by atoms with Crippen molar-refractivity contribution >= 4 is 40.9 Å². The number of hydrogen-bond acceptors (Lipinski definition) is 7. The van der Waals surface area contributed by atoms with Crippen LogP contribution in [-0.4, -0.2) is 99.2 Å². The zero-order chi connectivity index (χ0) is 36.4. The summed E-state index contributed by atoms with van der Waals surface area (Å²) in [4.78, 5) is 58.6. The third-order valence-corrected chi connectivity index (χ3v) is 9.69. The zero-order valence-corrected chi connectivity index (χ0v) is 29.1. The summed E-state index contributed by atoms with van der Waals surface area (Å²) in [7, 11) is 3.08. The number of nitrogens with one attached hydrogen (secondary N) is 2. The van der Waals surface area contributed by atoms with E-state index in [9.17, 15) is 19.2 Å². The molecule has 4 heterocycles. The first-order chi connectivity index (χ1) is 24.5. The van der Waals surface area contributed by atoms with Crippen molar-refractivity contribution in [2.75, 3.05) is 51.8 Å². The molecule has 2 N–H and O–H groups in total. The van der Waals surface area contributed by atoms with Crippen LogP contribution in [0.4, 0.5) is 14.5 Å². The van der Waals surface area contributed by atoms with Gasteiger partial charge in [-0.05, 0) is 37.6 Å². The number of methoxy groups -OCH3 is 1. The Morgan fingerprint density at radius 2 is 1.73 bits per heavy atom. The molecule has 4 aromatic rings. The number of benzene rings is 2. The Kier molecular flexibility index (Phi) is 10.5. The van der Waals surface area contributed by atoms with Crippen LogP contribution in [0.3, 0.4) is 0 Å². The number of rotatable bonds is 9. The van der Waals surface area contributed by atoms with Gasteiger partial charge in [-0.2, -0.15) is 5.10 Å². The molecule has 4 amide bonds. The van der Waals surface area contributed by atoms with E-state index in [1.54, 1.807) is 28.5 Å². The molecule has 0 bridgehead atoms. The lowest BCUT2D eigenvalue weighted by molar-refractivity contribution is -0.141. The number of anilines is 1. The molecule has 13 nitrogen and oxygen atoms in total. The molecule has 268 valence electrons. The average Bonchev–Trinajstić information content (AvgIpc) is 3.69. The van der Waals surface area contributed by atoms with Gasteiger partial charge in [-0.25, -0.2) is 13.8 Å². The van der Waals surface area contributed by atoms with E-state index in [0.717, 1.165) is 0 Å². The molecule has 2 aliphatic heterocycles. The average molecular weight is 723 g/mol. The fourth-order valence-corrected chi connectivity index (χ4v) is 6.71. The number of carbonyl (C=O) groups excluding carboxylic acids is 4. The van der Waals surface area contributed by atoms with Gasteiger partial charge in [-0.1, -0.05) is 17.7 Å². The first-order valence-electron chi connectivity index (χ1n) is 16.5. The molecule has 0 radical (unpaired) electrons. The van der Waals surface area contributed by atoms with Crippen LogP contribution >= 0.6 is 11.6 Å². The number of piperidine rings is 1. The van der Waals surface area contributed by atoms with Gasteiger partial charge in [0.05, 0.1) is 41.8 Å². The largest absolute Gasteiger partial charge is 0.383 e. The van der Waals surface area contributed by atoms with Crippen LogP contribution in [0.25, 0.3) is 22.4 Å². The van der Waals surface area contributed by atoms with Gasteiger partial charge in [0.1, 0.15) is 0 Å². The Morgan fingerprint density at radius 1 is 1.02 bits per heavy atom. The highest BCUT2D eigenvalue weighted by Gasteiger charge is 2.32. The van der Waals surface area contributed by atoms with E-state index < -0.39 is 17.5 Å². The van der Waals surface area contributed by atoms with Gasteiger partial charge in [0.15, 0.2) is 17.5 Å². The summed E-state index contributed by atoms with van der Waals surface area (Å²) in [6.45, 7) is 4.45. The molecule has 0 saturated carbocycles. The number of ether oxygens (including phenoxy) is 1. The van der Waals surface area contributed by atoms with Crippen LogP contribution in [0, 0.1) is 24.5 Å². The first-order valence-corrected chi connectivity index (χ1v) is 16.8. The van der Waals surface area contributed by atoms with E-state index in [1.807, 2.05) is 0 Å². The van der Waals surface area contributed by atoms with Gasteiger partial charge >= 0.3 is 0 Å². The highest BCUT2D eigenvalue weighted by Crippen LogP contribution is 2.33. The minimum absolute atomic E-state index is 0.0556. The van der Waals surface area contributed by atoms with E-state index >= 15 is 8.78 Å². The molecule has 2 aromatic heterocycles. The summed E-state index contributed by atoms with van der Waals surface area (Å²) >= 11 is 6.50. The van der Waals surface area contributed by atoms with Crippen LogP contribution in [0.15, 0.2) is 42.7 Å². The molecule has 1 atom stereocenters. The molecular weight excluding hydrogens is 686 g/mol. The lowest BCUT2D eigenvalue weighted by Crippen LogP contribution is -2.53. The van der Waals surface area contributed by atoms with Gasteiger partial charge in [0, 0.05) is 87.3 Å². The number of aromatic nitrogens is 4. The van der Waals surface area contributed by atoms with E-state index in [2.05, 4.69) is 20.7 Å². The van der Waals surface area contributed by atoms with Crippen molar-refractivity contribution in [3.63, 3.8) is 0 Å². The predicted molar refractivity (Wildman–Crippen MR) is 184 cm³/mol. The van der Waals surface area contributed by atoms with Crippen molar-refractivity contribution < 1.29 is 32.7 Å². The summed E-state index contributed by atoms with van der Waals surface area (Å²) in [6, 6.07) is 7.38. The molecule has 2 fully saturated rings. The van der Waals surface area contributed by atoms with Crippen LogP contribution in [-0.2, 0) is 27.9 Å². The maximum absolute atomic E-state index is 15.5. The van der Waals surface area contributed by atoms with E-state index in [1.165, 1.54) is 54.3 Å². The van der Waals surface area contributed by atoms with Gasteiger partial charge in [0.25, 0.3) is 11.8 Å². The summed E-state index contributed by atoms with van der Waals surface area (Å²) in [6.07, 6.45) is 3.54. The van der Waals surface area contributed by atoms with E-state index in [0.29, 0.717) is 69.2 Å². The second kappa shape index (κ2) is 15.0. The standard InChI is InChI=1S/C35H37ClF2N8O5/c1-20-26(18-41-46(20)14-15-51-3)23-6-7-25(31(38)30(23)37)28-19-40-32(43(28)2)33(48)42-22-4-5-24(27(36)17-22)35(50)45-12-10-44(11-13-45)34(49)21-8-9-39-29(47)16-21/h4-7,17-19,21H,8-16H2,1-3H3,(H,39,47)(H,42,48). The molecule has 0 aliphatic carbocycles. The number of hydrogen-bond donors (Lipinski definition) is 2. The topological polar surface area (TPSA) is 144 Å². The van der Waals surface area contributed by atoms with Gasteiger partial charge in [-0.3, -0.25) is 23.9 Å². The minimum Gasteiger partial charge on any atom is -0.383 e. The van der Waals surface area contributed by atoms with Gasteiger partial charge in [0.2, 0.25) is 11.8 Å². The quantitative estimate of drug-likeness (QED) is 0.267. The second-order valence-corrected chi connectivity index (χ2v) is 12.9. The summed E-state index contributed by atoms with van der Waals surface area (Å²) < 4.78 is 39.0. The molecule has 2 saturated heterocycles. The summed E-state index contributed by atoms with van der Waals surface area (Å²) in [5.74, 6) is -3.70. The maximum Gasteiger partial charge on any atom is 0.291 e. The third kappa shape index (κ3) is 7.21. The first kappa shape index (κ1) is 35.7. The van der Waals surface area contributed by atoms with Crippen LogP contribution in [0.5, 0.6) is 0 Å². The normalized spacial score (nSPS) is 16.3. The second-order valence-electron chi connectivity index (χ2n) is 12.5. The molecule has 51 heavy (non-hydrogen) atoms. The van der Waals surface area contributed by atoms with Crippen molar-refractivity contribution in [3.05, 3.63) is 76.5 Å². The van der Waals surface area contributed by atoms with Crippen LogP contribution in [0.1, 0.15) is 39.5 Å². The summed E-state index contributed by atoms with van der Waals surface area (Å²) in [5.41, 5.74) is 1.80. The number of halogens is 3. The predicted octanol–water partition coefficient (Wildman–Crippen LogP) is 3.90. The zero-order valence-electron chi connectivity index (χ0n) is 28.3. The number of carbonyl (C=O) groups is 4.